The molecule has 0 heterocycles. The fourth-order valence-corrected chi connectivity index (χ4v) is 2.43. The topological polar surface area (TPSA) is 26.0 Å². The molecule has 0 bridgehead atoms. The van der Waals surface area contributed by atoms with Crippen LogP contribution >= 0.6 is 11.6 Å². The van der Waals surface area contributed by atoms with Gasteiger partial charge in [0.1, 0.15) is 0 Å². The summed E-state index contributed by atoms with van der Waals surface area (Å²) in [4.78, 5) is 0. The summed E-state index contributed by atoms with van der Waals surface area (Å²) in [6.07, 6.45) is 3.55. The molecule has 2 rings (SSSR count). The second kappa shape index (κ2) is 3.69. The smallest absolute Gasteiger partial charge is 0.0441 e. The Kier molecular flexibility index (Phi) is 2.56. The van der Waals surface area contributed by atoms with Crippen molar-refractivity contribution >= 4 is 11.6 Å². The lowest BCUT2D eigenvalue weighted by molar-refractivity contribution is 0.613. The van der Waals surface area contributed by atoms with Crippen molar-refractivity contribution in [1.29, 1.82) is 0 Å². The Balaban J connectivity index is 2.29. The first kappa shape index (κ1) is 9.04. The molecule has 2 heteroatoms. The molecule has 0 saturated heterocycles. The summed E-state index contributed by atoms with van der Waals surface area (Å²) in [5, 5.41) is 0.866. The standard InChI is InChI=1S/C11H14ClN/c12-10-6-2-1-4-8(10)9-5-3-7-11(9)13/h1-2,4,6,9,11H,3,5,7,13H2/t9-,11-/m1/s1. The first-order chi connectivity index (χ1) is 6.29. The zero-order valence-electron chi connectivity index (χ0n) is 7.54. The van der Waals surface area contributed by atoms with Crippen LogP contribution in [0, 0.1) is 0 Å². The minimum atomic E-state index is 0.305. The summed E-state index contributed by atoms with van der Waals surface area (Å²) >= 11 is 6.11. The van der Waals surface area contributed by atoms with Crippen molar-refractivity contribution in [3.63, 3.8) is 0 Å². The Labute approximate surface area is 83.9 Å². The van der Waals surface area contributed by atoms with Crippen molar-refractivity contribution in [3.8, 4) is 0 Å². The van der Waals surface area contributed by atoms with Gasteiger partial charge in [0, 0.05) is 17.0 Å². The van der Waals surface area contributed by atoms with E-state index in [0.29, 0.717) is 12.0 Å². The Morgan fingerprint density at radius 3 is 2.62 bits per heavy atom. The minimum Gasteiger partial charge on any atom is -0.327 e. The Morgan fingerprint density at radius 1 is 1.23 bits per heavy atom. The zero-order chi connectivity index (χ0) is 9.26. The molecule has 0 spiro atoms. The van der Waals surface area contributed by atoms with Gasteiger partial charge < -0.3 is 5.73 Å². The van der Waals surface area contributed by atoms with Crippen LogP contribution in [0.1, 0.15) is 30.7 Å². The first-order valence-corrected chi connectivity index (χ1v) is 5.17. The van der Waals surface area contributed by atoms with E-state index in [1.165, 1.54) is 18.4 Å². The molecule has 1 aliphatic rings. The summed E-state index contributed by atoms with van der Waals surface area (Å²) < 4.78 is 0. The van der Waals surface area contributed by atoms with Gasteiger partial charge in [0.05, 0.1) is 0 Å². The lowest BCUT2D eigenvalue weighted by Gasteiger charge is -2.16. The van der Waals surface area contributed by atoms with Gasteiger partial charge in [-0.3, -0.25) is 0 Å². The molecule has 0 amide bonds. The van der Waals surface area contributed by atoms with E-state index in [1.807, 2.05) is 18.2 Å². The van der Waals surface area contributed by atoms with Crippen molar-refractivity contribution in [2.45, 2.75) is 31.2 Å². The van der Waals surface area contributed by atoms with E-state index < -0.39 is 0 Å². The van der Waals surface area contributed by atoms with Crippen LogP contribution in [0.25, 0.3) is 0 Å². The number of hydrogen-bond donors (Lipinski definition) is 1. The van der Waals surface area contributed by atoms with Gasteiger partial charge in [-0.05, 0) is 24.5 Å². The molecule has 1 aliphatic carbocycles. The summed E-state index contributed by atoms with van der Waals surface area (Å²) in [5.74, 6) is 0.480. The maximum atomic E-state index is 6.11. The fraction of sp³-hybridized carbons (Fsp3) is 0.455. The Hall–Kier alpha value is -0.530. The molecule has 0 aliphatic heterocycles. The van der Waals surface area contributed by atoms with Crippen molar-refractivity contribution in [3.05, 3.63) is 34.9 Å². The van der Waals surface area contributed by atoms with E-state index in [-0.39, 0.29) is 0 Å². The predicted molar refractivity (Wildman–Crippen MR) is 56.0 cm³/mol. The summed E-state index contributed by atoms with van der Waals surface area (Å²) in [6, 6.07) is 8.35. The highest BCUT2D eigenvalue weighted by molar-refractivity contribution is 6.31. The average Bonchev–Trinajstić information content (AvgIpc) is 2.52. The molecular weight excluding hydrogens is 182 g/mol. The summed E-state index contributed by atoms with van der Waals surface area (Å²) in [7, 11) is 0. The average molecular weight is 196 g/mol. The van der Waals surface area contributed by atoms with Crippen molar-refractivity contribution in [1.82, 2.24) is 0 Å². The normalized spacial score (nSPS) is 27.8. The third-order valence-corrected chi connectivity index (χ3v) is 3.22. The van der Waals surface area contributed by atoms with Crippen molar-refractivity contribution < 1.29 is 0 Å². The van der Waals surface area contributed by atoms with Gasteiger partial charge >= 0.3 is 0 Å². The molecule has 1 aromatic rings. The first-order valence-electron chi connectivity index (χ1n) is 4.79. The van der Waals surface area contributed by atoms with Crippen LogP contribution in [-0.4, -0.2) is 6.04 Å². The molecule has 1 saturated carbocycles. The van der Waals surface area contributed by atoms with Crippen LogP contribution in [0.15, 0.2) is 24.3 Å². The van der Waals surface area contributed by atoms with Crippen molar-refractivity contribution in [2.24, 2.45) is 5.73 Å². The Morgan fingerprint density at radius 2 is 2.00 bits per heavy atom. The quantitative estimate of drug-likeness (QED) is 0.733. The number of halogens is 1. The van der Waals surface area contributed by atoms with Gasteiger partial charge in [-0.1, -0.05) is 36.2 Å². The maximum Gasteiger partial charge on any atom is 0.0441 e. The minimum absolute atomic E-state index is 0.305. The highest BCUT2D eigenvalue weighted by Gasteiger charge is 2.26. The highest BCUT2D eigenvalue weighted by atomic mass is 35.5. The summed E-state index contributed by atoms with van der Waals surface area (Å²) in [6.45, 7) is 0. The molecule has 2 N–H and O–H groups in total. The van der Waals surface area contributed by atoms with Gasteiger partial charge in [0.2, 0.25) is 0 Å². The number of hydrogen-bond acceptors (Lipinski definition) is 1. The van der Waals surface area contributed by atoms with Crippen molar-refractivity contribution in [2.75, 3.05) is 0 Å². The molecule has 1 aromatic carbocycles. The Bertz CT molecular complexity index is 298. The van der Waals surface area contributed by atoms with Crippen LogP contribution in [-0.2, 0) is 0 Å². The van der Waals surface area contributed by atoms with E-state index in [0.717, 1.165) is 11.4 Å². The molecule has 13 heavy (non-hydrogen) atoms. The van der Waals surface area contributed by atoms with Gasteiger partial charge in [-0.25, -0.2) is 0 Å². The van der Waals surface area contributed by atoms with E-state index in [1.54, 1.807) is 0 Å². The van der Waals surface area contributed by atoms with E-state index in [9.17, 15) is 0 Å². The monoisotopic (exact) mass is 195 g/mol. The van der Waals surface area contributed by atoms with Crippen LogP contribution in [0.5, 0.6) is 0 Å². The van der Waals surface area contributed by atoms with Crippen LogP contribution < -0.4 is 5.73 Å². The molecule has 1 fully saturated rings. The second-order valence-electron chi connectivity index (χ2n) is 3.72. The molecule has 0 aromatic heterocycles. The third-order valence-electron chi connectivity index (χ3n) is 2.87. The number of nitrogens with two attached hydrogens (primary N) is 1. The predicted octanol–water partition coefficient (Wildman–Crippen LogP) is 2.93. The third kappa shape index (κ3) is 1.72. The second-order valence-corrected chi connectivity index (χ2v) is 4.13. The van der Waals surface area contributed by atoms with Crippen LogP contribution in [0.2, 0.25) is 5.02 Å². The molecular formula is C11H14ClN. The van der Waals surface area contributed by atoms with E-state index >= 15 is 0 Å². The molecule has 2 atom stereocenters. The fourth-order valence-electron chi connectivity index (χ4n) is 2.15. The zero-order valence-corrected chi connectivity index (χ0v) is 8.30. The number of benzene rings is 1. The number of rotatable bonds is 1. The maximum absolute atomic E-state index is 6.11. The lowest BCUT2D eigenvalue weighted by atomic mass is 9.95. The van der Waals surface area contributed by atoms with E-state index in [4.69, 9.17) is 17.3 Å². The van der Waals surface area contributed by atoms with Crippen LogP contribution in [0.3, 0.4) is 0 Å². The summed E-state index contributed by atoms with van der Waals surface area (Å²) in [5.41, 5.74) is 7.25. The molecule has 70 valence electrons. The molecule has 0 unspecified atom stereocenters. The molecule has 1 nitrogen and oxygen atoms in total. The van der Waals surface area contributed by atoms with Gasteiger partial charge in [0.15, 0.2) is 0 Å². The van der Waals surface area contributed by atoms with E-state index in [2.05, 4.69) is 6.07 Å². The highest BCUT2D eigenvalue weighted by Crippen LogP contribution is 2.36. The largest absolute Gasteiger partial charge is 0.327 e. The van der Waals surface area contributed by atoms with Gasteiger partial charge in [0.25, 0.3) is 0 Å². The SMILES string of the molecule is N[C@@H]1CCC[C@@H]1c1ccccc1Cl. The van der Waals surface area contributed by atoms with Gasteiger partial charge in [-0.2, -0.15) is 0 Å². The van der Waals surface area contributed by atoms with Gasteiger partial charge in [-0.15, -0.1) is 0 Å². The lowest BCUT2D eigenvalue weighted by Crippen LogP contribution is -2.22. The molecule has 0 radical (unpaired) electrons. The van der Waals surface area contributed by atoms with Crippen LogP contribution in [0.4, 0.5) is 0 Å².